The molecule has 106 valence electrons. The Balaban J connectivity index is 2.06. The lowest BCUT2D eigenvalue weighted by Gasteiger charge is -2.13. The SMILES string of the molecule is Cc1cc(Oc2ccc3ccccc3c2Br)c(CN)cn1. The summed E-state index contributed by atoms with van der Waals surface area (Å²) < 4.78 is 7.00. The van der Waals surface area contributed by atoms with Gasteiger partial charge in [-0.15, -0.1) is 0 Å². The molecule has 0 saturated heterocycles. The fourth-order valence-corrected chi connectivity index (χ4v) is 2.80. The number of hydrogen-bond acceptors (Lipinski definition) is 3. The second kappa shape index (κ2) is 5.84. The van der Waals surface area contributed by atoms with Gasteiger partial charge >= 0.3 is 0 Å². The van der Waals surface area contributed by atoms with Crippen LogP contribution in [0.4, 0.5) is 0 Å². The molecule has 0 fully saturated rings. The van der Waals surface area contributed by atoms with Gasteiger partial charge in [0.1, 0.15) is 11.5 Å². The standard InChI is InChI=1S/C17H15BrN2O/c1-11-8-16(13(9-19)10-20-11)21-15-7-6-12-4-2-3-5-14(12)17(15)18/h2-8,10H,9,19H2,1H3. The fourth-order valence-electron chi connectivity index (χ4n) is 2.22. The van der Waals surface area contributed by atoms with Gasteiger partial charge in [0.25, 0.3) is 0 Å². The van der Waals surface area contributed by atoms with Gasteiger partial charge in [-0.2, -0.15) is 0 Å². The van der Waals surface area contributed by atoms with Gasteiger partial charge in [0.05, 0.1) is 4.47 Å². The van der Waals surface area contributed by atoms with Crippen LogP contribution in [0.2, 0.25) is 0 Å². The van der Waals surface area contributed by atoms with Gasteiger partial charge in [-0.25, -0.2) is 0 Å². The highest BCUT2D eigenvalue weighted by Crippen LogP contribution is 2.36. The van der Waals surface area contributed by atoms with Crippen molar-refractivity contribution in [3.63, 3.8) is 0 Å². The Morgan fingerprint density at radius 2 is 1.95 bits per heavy atom. The van der Waals surface area contributed by atoms with Crippen molar-refractivity contribution < 1.29 is 4.74 Å². The summed E-state index contributed by atoms with van der Waals surface area (Å²) in [6.07, 6.45) is 1.76. The molecule has 0 spiro atoms. The molecule has 3 nitrogen and oxygen atoms in total. The quantitative estimate of drug-likeness (QED) is 0.759. The first-order chi connectivity index (χ1) is 10.2. The Labute approximate surface area is 131 Å². The highest BCUT2D eigenvalue weighted by Gasteiger charge is 2.10. The van der Waals surface area contributed by atoms with E-state index in [4.69, 9.17) is 10.5 Å². The molecule has 0 saturated carbocycles. The minimum Gasteiger partial charge on any atom is -0.456 e. The minimum absolute atomic E-state index is 0.397. The maximum absolute atomic E-state index is 6.05. The predicted molar refractivity (Wildman–Crippen MR) is 88.6 cm³/mol. The van der Waals surface area contributed by atoms with Crippen molar-refractivity contribution in [1.82, 2.24) is 4.98 Å². The fraction of sp³-hybridized carbons (Fsp3) is 0.118. The van der Waals surface area contributed by atoms with E-state index >= 15 is 0 Å². The van der Waals surface area contributed by atoms with Gasteiger partial charge in [0.15, 0.2) is 0 Å². The largest absolute Gasteiger partial charge is 0.456 e. The van der Waals surface area contributed by atoms with Crippen LogP contribution in [-0.2, 0) is 6.54 Å². The molecule has 0 aliphatic heterocycles. The highest BCUT2D eigenvalue weighted by atomic mass is 79.9. The third-order valence-corrected chi connectivity index (χ3v) is 4.17. The molecule has 3 aromatic rings. The molecule has 0 bridgehead atoms. The number of benzene rings is 2. The van der Waals surface area contributed by atoms with Gasteiger partial charge in [-0.05, 0) is 39.7 Å². The average molecular weight is 343 g/mol. The average Bonchev–Trinajstić information content (AvgIpc) is 2.51. The van der Waals surface area contributed by atoms with Crippen LogP contribution in [0.25, 0.3) is 10.8 Å². The van der Waals surface area contributed by atoms with Crippen LogP contribution in [0.3, 0.4) is 0 Å². The number of aryl methyl sites for hydroxylation is 1. The second-order valence-electron chi connectivity index (χ2n) is 4.84. The van der Waals surface area contributed by atoms with E-state index in [0.29, 0.717) is 6.54 Å². The lowest BCUT2D eigenvalue weighted by molar-refractivity contribution is 0.473. The number of ether oxygens (including phenoxy) is 1. The molecule has 0 radical (unpaired) electrons. The Morgan fingerprint density at radius 1 is 1.14 bits per heavy atom. The van der Waals surface area contributed by atoms with Crippen molar-refractivity contribution in [3.8, 4) is 11.5 Å². The van der Waals surface area contributed by atoms with E-state index in [2.05, 4.69) is 33.0 Å². The van der Waals surface area contributed by atoms with E-state index < -0.39 is 0 Å². The van der Waals surface area contributed by atoms with Crippen LogP contribution in [0, 0.1) is 6.92 Å². The van der Waals surface area contributed by atoms with Crippen molar-refractivity contribution in [2.45, 2.75) is 13.5 Å². The molecular weight excluding hydrogens is 328 g/mol. The summed E-state index contributed by atoms with van der Waals surface area (Å²) in [5, 5.41) is 2.29. The van der Waals surface area contributed by atoms with Gasteiger partial charge in [0.2, 0.25) is 0 Å². The van der Waals surface area contributed by atoms with Crippen LogP contribution in [0.1, 0.15) is 11.3 Å². The summed E-state index contributed by atoms with van der Waals surface area (Å²) >= 11 is 3.63. The molecule has 1 heterocycles. The molecule has 0 unspecified atom stereocenters. The number of nitrogens with two attached hydrogens (primary N) is 1. The van der Waals surface area contributed by atoms with Crippen molar-refractivity contribution >= 4 is 26.7 Å². The maximum atomic E-state index is 6.05. The molecule has 1 aromatic heterocycles. The zero-order valence-corrected chi connectivity index (χ0v) is 13.2. The first-order valence-electron chi connectivity index (χ1n) is 6.69. The predicted octanol–water partition coefficient (Wildman–Crippen LogP) is 4.56. The lowest BCUT2D eigenvalue weighted by atomic mass is 10.1. The second-order valence-corrected chi connectivity index (χ2v) is 5.63. The topological polar surface area (TPSA) is 48.1 Å². The Morgan fingerprint density at radius 3 is 2.76 bits per heavy atom. The first-order valence-corrected chi connectivity index (χ1v) is 7.49. The number of halogens is 1. The monoisotopic (exact) mass is 342 g/mol. The molecule has 21 heavy (non-hydrogen) atoms. The Hall–Kier alpha value is -1.91. The van der Waals surface area contributed by atoms with Gasteiger partial charge in [-0.1, -0.05) is 30.3 Å². The smallest absolute Gasteiger partial charge is 0.142 e. The van der Waals surface area contributed by atoms with Gasteiger partial charge in [0, 0.05) is 30.1 Å². The van der Waals surface area contributed by atoms with E-state index in [1.165, 1.54) is 5.39 Å². The molecule has 2 N–H and O–H groups in total. The first kappa shape index (κ1) is 14.0. The normalized spacial score (nSPS) is 10.8. The van der Waals surface area contributed by atoms with Crippen LogP contribution < -0.4 is 10.5 Å². The molecule has 0 aliphatic carbocycles. The van der Waals surface area contributed by atoms with E-state index in [0.717, 1.165) is 32.6 Å². The van der Waals surface area contributed by atoms with E-state index in [1.807, 2.05) is 37.3 Å². The minimum atomic E-state index is 0.397. The zero-order chi connectivity index (χ0) is 14.8. The van der Waals surface area contributed by atoms with Crippen molar-refractivity contribution in [2.75, 3.05) is 0 Å². The van der Waals surface area contributed by atoms with Crippen LogP contribution >= 0.6 is 15.9 Å². The van der Waals surface area contributed by atoms with E-state index in [1.54, 1.807) is 6.20 Å². The Kier molecular flexibility index (Phi) is 3.90. The number of fused-ring (bicyclic) bond motifs is 1. The number of aromatic nitrogens is 1. The molecule has 0 atom stereocenters. The molecule has 2 aromatic carbocycles. The zero-order valence-electron chi connectivity index (χ0n) is 11.6. The van der Waals surface area contributed by atoms with Crippen LogP contribution in [0.15, 0.2) is 53.1 Å². The molecule has 3 rings (SSSR count). The summed E-state index contributed by atoms with van der Waals surface area (Å²) in [5.74, 6) is 1.52. The third-order valence-electron chi connectivity index (χ3n) is 3.35. The van der Waals surface area contributed by atoms with E-state index in [-0.39, 0.29) is 0 Å². The van der Waals surface area contributed by atoms with E-state index in [9.17, 15) is 0 Å². The summed E-state index contributed by atoms with van der Waals surface area (Å²) in [6, 6.07) is 14.1. The summed E-state index contributed by atoms with van der Waals surface area (Å²) in [6.45, 7) is 2.33. The molecule has 0 aliphatic rings. The number of pyridine rings is 1. The third kappa shape index (κ3) is 2.77. The highest BCUT2D eigenvalue weighted by molar-refractivity contribution is 9.10. The number of hydrogen-bond donors (Lipinski definition) is 1. The summed E-state index contributed by atoms with van der Waals surface area (Å²) in [5.41, 5.74) is 7.54. The van der Waals surface area contributed by atoms with Crippen LogP contribution in [0.5, 0.6) is 11.5 Å². The van der Waals surface area contributed by atoms with Gasteiger partial charge in [-0.3, -0.25) is 4.98 Å². The maximum Gasteiger partial charge on any atom is 0.142 e. The molecule has 0 amide bonds. The molecular formula is C17H15BrN2O. The lowest BCUT2D eigenvalue weighted by Crippen LogP contribution is -2.01. The van der Waals surface area contributed by atoms with Gasteiger partial charge < -0.3 is 10.5 Å². The van der Waals surface area contributed by atoms with Crippen LogP contribution in [-0.4, -0.2) is 4.98 Å². The van der Waals surface area contributed by atoms with Crippen molar-refractivity contribution in [3.05, 3.63) is 64.4 Å². The molecule has 4 heteroatoms. The Bertz CT molecular complexity index is 802. The number of nitrogens with zero attached hydrogens (tertiary/aromatic N) is 1. The summed E-state index contributed by atoms with van der Waals surface area (Å²) in [4.78, 5) is 4.25. The van der Waals surface area contributed by atoms with Crippen molar-refractivity contribution in [1.29, 1.82) is 0 Å². The van der Waals surface area contributed by atoms with Crippen molar-refractivity contribution in [2.24, 2.45) is 5.73 Å². The number of rotatable bonds is 3. The summed E-state index contributed by atoms with van der Waals surface area (Å²) in [7, 11) is 0.